The summed E-state index contributed by atoms with van der Waals surface area (Å²) in [6.45, 7) is 1.85. The summed E-state index contributed by atoms with van der Waals surface area (Å²) in [5.41, 5.74) is -1.24. The van der Waals surface area contributed by atoms with Crippen molar-refractivity contribution < 1.29 is 26.7 Å². The van der Waals surface area contributed by atoms with Gasteiger partial charge < -0.3 is 10.6 Å². The number of aryl methyl sites for hydroxylation is 1. The molecule has 0 spiro atoms. The molecular formula is C23H23ClF5N5O. The van der Waals surface area contributed by atoms with Crippen LogP contribution in [0.2, 0.25) is 5.02 Å². The number of hydrogen-bond acceptors (Lipinski definition) is 4. The zero-order chi connectivity index (χ0) is 25.3. The van der Waals surface area contributed by atoms with E-state index >= 15 is 0 Å². The van der Waals surface area contributed by atoms with Gasteiger partial charge in [0, 0.05) is 34.7 Å². The largest absolute Gasteiger partial charge is 0.433 e. The Morgan fingerprint density at radius 2 is 1.97 bits per heavy atom. The lowest BCUT2D eigenvalue weighted by atomic mass is 9.90. The van der Waals surface area contributed by atoms with Crippen molar-refractivity contribution in [3.05, 3.63) is 52.4 Å². The van der Waals surface area contributed by atoms with Crippen LogP contribution in [0.4, 0.5) is 27.6 Å². The molecule has 0 radical (unpaired) electrons. The minimum Gasteiger partial charge on any atom is -0.382 e. The molecule has 0 unspecified atom stereocenters. The maximum Gasteiger partial charge on any atom is 0.433 e. The molecule has 0 aliphatic heterocycles. The molecule has 0 saturated heterocycles. The van der Waals surface area contributed by atoms with Gasteiger partial charge in [0.25, 0.3) is 12.3 Å². The second-order valence-electron chi connectivity index (χ2n) is 8.45. The molecular weight excluding hydrogens is 493 g/mol. The molecule has 2 atom stereocenters. The molecule has 188 valence electrons. The van der Waals surface area contributed by atoms with Crippen molar-refractivity contribution >= 4 is 34.1 Å². The molecule has 1 aliphatic carbocycles. The molecule has 2 N–H and O–H groups in total. The standard InChI is InChI=1S/C23H23ClF5N5O/c1-2-34-20(21(25)26)16(11-30-34)22(35)32-14-5-3-4-13(9-14)31-18-10-19(23(27,28)29)33-17-7-6-12(24)8-15(17)18/h6-8,10-11,13-14,21H,2-5,9H2,1H3,(H,31,33)(H,32,35)/t13-,14+/m0/s1. The van der Waals surface area contributed by atoms with E-state index in [9.17, 15) is 26.7 Å². The number of carbonyl (C=O) groups excluding carboxylic acids is 1. The zero-order valence-electron chi connectivity index (χ0n) is 18.7. The molecule has 6 nitrogen and oxygen atoms in total. The number of hydrogen-bond donors (Lipinski definition) is 2. The number of anilines is 1. The number of rotatable bonds is 6. The van der Waals surface area contributed by atoms with Crippen molar-refractivity contribution in [2.24, 2.45) is 0 Å². The SMILES string of the molecule is CCn1ncc(C(=O)N[C@@H]2CCC[C@H](Nc3cc(C(F)(F)F)nc4ccc(Cl)cc34)C2)c1C(F)F. The van der Waals surface area contributed by atoms with Gasteiger partial charge in [0.15, 0.2) is 0 Å². The average molecular weight is 516 g/mol. The summed E-state index contributed by atoms with van der Waals surface area (Å²) in [4.78, 5) is 16.4. The third-order valence-electron chi connectivity index (χ3n) is 6.06. The molecule has 1 aliphatic rings. The number of alkyl halides is 5. The quantitative estimate of drug-likeness (QED) is 0.383. The van der Waals surface area contributed by atoms with Crippen LogP contribution in [-0.2, 0) is 12.7 Å². The molecule has 1 fully saturated rings. The van der Waals surface area contributed by atoms with E-state index in [1.165, 1.54) is 12.1 Å². The van der Waals surface area contributed by atoms with Gasteiger partial charge in [-0.2, -0.15) is 18.3 Å². The van der Waals surface area contributed by atoms with Crippen molar-refractivity contribution in [3.8, 4) is 0 Å². The van der Waals surface area contributed by atoms with E-state index in [0.717, 1.165) is 16.9 Å². The Hall–Kier alpha value is -2.95. The molecule has 2 heterocycles. The monoisotopic (exact) mass is 515 g/mol. The van der Waals surface area contributed by atoms with Crippen molar-refractivity contribution in [2.45, 2.75) is 63.8 Å². The highest BCUT2D eigenvalue weighted by atomic mass is 35.5. The number of aromatic nitrogens is 3. The highest BCUT2D eigenvalue weighted by Crippen LogP contribution is 2.35. The van der Waals surface area contributed by atoms with Gasteiger partial charge >= 0.3 is 6.18 Å². The van der Waals surface area contributed by atoms with E-state index in [2.05, 4.69) is 20.7 Å². The Kier molecular flexibility index (Phi) is 7.16. The predicted octanol–water partition coefficient (Wildman–Crippen LogP) is 6.21. The summed E-state index contributed by atoms with van der Waals surface area (Å²) in [6.07, 6.45) is -3.98. The van der Waals surface area contributed by atoms with Crippen LogP contribution >= 0.6 is 11.6 Å². The van der Waals surface area contributed by atoms with E-state index in [0.29, 0.717) is 36.1 Å². The number of nitrogens with zero attached hydrogens (tertiary/aromatic N) is 3. The fourth-order valence-electron chi connectivity index (χ4n) is 4.45. The summed E-state index contributed by atoms with van der Waals surface area (Å²) in [6, 6.07) is 4.80. The molecule has 1 amide bonds. The smallest absolute Gasteiger partial charge is 0.382 e. The lowest BCUT2D eigenvalue weighted by Gasteiger charge is -2.31. The van der Waals surface area contributed by atoms with E-state index < -0.39 is 29.9 Å². The highest BCUT2D eigenvalue weighted by molar-refractivity contribution is 6.31. The fraction of sp³-hybridized carbons (Fsp3) is 0.435. The minimum absolute atomic E-state index is 0.153. The maximum absolute atomic E-state index is 13.5. The Morgan fingerprint density at radius 3 is 2.66 bits per heavy atom. The van der Waals surface area contributed by atoms with Crippen molar-refractivity contribution in [1.29, 1.82) is 0 Å². The number of pyridine rings is 1. The molecule has 12 heteroatoms. The summed E-state index contributed by atoms with van der Waals surface area (Å²) >= 11 is 6.06. The Bertz CT molecular complexity index is 1230. The van der Waals surface area contributed by atoms with Gasteiger partial charge in [-0.05, 0) is 56.9 Å². The number of nitrogens with one attached hydrogen (secondary N) is 2. The summed E-state index contributed by atoms with van der Waals surface area (Å²) in [5.74, 6) is -0.647. The molecule has 1 saturated carbocycles. The molecule has 3 aromatic rings. The van der Waals surface area contributed by atoms with Crippen molar-refractivity contribution in [2.75, 3.05) is 5.32 Å². The fourth-order valence-corrected chi connectivity index (χ4v) is 4.62. The minimum atomic E-state index is -4.63. The maximum atomic E-state index is 13.5. The van der Waals surface area contributed by atoms with Crippen LogP contribution < -0.4 is 10.6 Å². The second-order valence-corrected chi connectivity index (χ2v) is 8.89. The first-order chi connectivity index (χ1) is 16.6. The Balaban J connectivity index is 1.53. The average Bonchev–Trinajstić information content (AvgIpc) is 3.24. The van der Waals surface area contributed by atoms with Gasteiger partial charge in [0.05, 0.1) is 17.3 Å². The van der Waals surface area contributed by atoms with Crippen LogP contribution in [0.3, 0.4) is 0 Å². The van der Waals surface area contributed by atoms with Gasteiger partial charge in [-0.25, -0.2) is 13.8 Å². The first-order valence-corrected chi connectivity index (χ1v) is 11.5. The number of halogens is 6. The van der Waals surface area contributed by atoms with Crippen LogP contribution in [-0.4, -0.2) is 32.8 Å². The predicted molar refractivity (Wildman–Crippen MR) is 122 cm³/mol. The Morgan fingerprint density at radius 1 is 1.23 bits per heavy atom. The summed E-state index contributed by atoms with van der Waals surface area (Å²) < 4.78 is 68.3. The number of fused-ring (bicyclic) bond motifs is 1. The first-order valence-electron chi connectivity index (χ1n) is 11.2. The van der Waals surface area contributed by atoms with Crippen molar-refractivity contribution in [1.82, 2.24) is 20.1 Å². The van der Waals surface area contributed by atoms with Crippen LogP contribution in [0, 0.1) is 0 Å². The topological polar surface area (TPSA) is 71.8 Å². The number of amides is 1. The lowest BCUT2D eigenvalue weighted by Crippen LogP contribution is -2.42. The van der Waals surface area contributed by atoms with Gasteiger partial charge in [-0.1, -0.05) is 11.6 Å². The van der Waals surface area contributed by atoms with Gasteiger partial charge in [0.1, 0.15) is 11.4 Å². The highest BCUT2D eigenvalue weighted by Gasteiger charge is 2.34. The number of benzene rings is 1. The molecule has 0 bridgehead atoms. The third-order valence-corrected chi connectivity index (χ3v) is 6.30. The molecule has 2 aromatic heterocycles. The second kappa shape index (κ2) is 9.96. The van der Waals surface area contributed by atoms with E-state index in [1.807, 2.05) is 0 Å². The third kappa shape index (κ3) is 5.50. The van der Waals surface area contributed by atoms with E-state index in [4.69, 9.17) is 11.6 Å². The summed E-state index contributed by atoms with van der Waals surface area (Å²) in [7, 11) is 0. The van der Waals surface area contributed by atoms with Gasteiger partial charge in [-0.15, -0.1) is 0 Å². The number of carbonyl (C=O) groups is 1. The van der Waals surface area contributed by atoms with Crippen LogP contribution in [0.1, 0.15) is 60.8 Å². The van der Waals surface area contributed by atoms with Gasteiger partial charge in [-0.3, -0.25) is 9.48 Å². The van der Waals surface area contributed by atoms with Crippen LogP contribution in [0.25, 0.3) is 10.9 Å². The van der Waals surface area contributed by atoms with Crippen LogP contribution in [0.5, 0.6) is 0 Å². The molecule has 1 aromatic carbocycles. The lowest BCUT2D eigenvalue weighted by molar-refractivity contribution is -0.140. The molecule has 35 heavy (non-hydrogen) atoms. The van der Waals surface area contributed by atoms with Crippen molar-refractivity contribution in [3.63, 3.8) is 0 Å². The first kappa shape index (κ1) is 25.2. The van der Waals surface area contributed by atoms with Crippen LogP contribution in [0.15, 0.2) is 30.5 Å². The summed E-state index contributed by atoms with van der Waals surface area (Å²) in [5, 5.41) is 10.6. The van der Waals surface area contributed by atoms with E-state index in [-0.39, 0.29) is 35.4 Å². The zero-order valence-corrected chi connectivity index (χ0v) is 19.4. The van der Waals surface area contributed by atoms with E-state index in [1.54, 1.807) is 13.0 Å². The Labute approximate surface area is 202 Å². The molecule has 4 rings (SSSR count). The van der Waals surface area contributed by atoms with Gasteiger partial charge in [0.2, 0.25) is 0 Å². The normalized spacial score (nSPS) is 18.7.